The minimum absolute atomic E-state index is 0.253. The molecule has 0 radical (unpaired) electrons. The zero-order valence-corrected chi connectivity index (χ0v) is 16.2. The Hall–Kier alpha value is -1.52. The summed E-state index contributed by atoms with van der Waals surface area (Å²) in [5.74, 6) is 1.67. The van der Waals surface area contributed by atoms with Crippen molar-refractivity contribution in [2.75, 3.05) is 13.7 Å². The van der Waals surface area contributed by atoms with E-state index < -0.39 is 0 Å². The molecule has 0 amide bonds. The first-order chi connectivity index (χ1) is 12.1. The monoisotopic (exact) mass is 357 g/mol. The summed E-state index contributed by atoms with van der Waals surface area (Å²) in [5, 5.41) is 10.1. The van der Waals surface area contributed by atoms with Gasteiger partial charge in [0.05, 0.1) is 7.11 Å². The molecule has 4 heteroatoms. The number of nitrogens with zero attached hydrogens (tertiary/aromatic N) is 1. The van der Waals surface area contributed by atoms with Crippen LogP contribution in [-0.4, -0.2) is 23.7 Å². The van der Waals surface area contributed by atoms with Crippen LogP contribution < -0.4 is 4.74 Å². The van der Waals surface area contributed by atoms with Crippen molar-refractivity contribution in [3.8, 4) is 11.5 Å². The maximum atomic E-state index is 10.1. The SMILES string of the molecule is CCC(C)Cc1cc2c(s1)CCN1Cc3c(ccc(O)c3OC)CC21. The molecule has 2 unspecified atom stereocenters. The molecule has 0 aliphatic carbocycles. The second-order valence-electron chi connectivity index (χ2n) is 7.50. The summed E-state index contributed by atoms with van der Waals surface area (Å²) in [6.45, 7) is 6.59. The van der Waals surface area contributed by atoms with Gasteiger partial charge in [-0.05, 0) is 48.4 Å². The molecule has 1 aromatic carbocycles. The minimum atomic E-state index is 0.253. The minimum Gasteiger partial charge on any atom is -0.504 e. The van der Waals surface area contributed by atoms with E-state index in [9.17, 15) is 5.11 Å². The molecular formula is C21H27NO2S. The van der Waals surface area contributed by atoms with Gasteiger partial charge < -0.3 is 9.84 Å². The molecule has 25 heavy (non-hydrogen) atoms. The van der Waals surface area contributed by atoms with Crippen molar-refractivity contribution in [3.63, 3.8) is 0 Å². The summed E-state index contributed by atoms with van der Waals surface area (Å²) in [4.78, 5) is 5.70. The number of phenols is 1. The van der Waals surface area contributed by atoms with Gasteiger partial charge in [0.1, 0.15) is 0 Å². The first kappa shape index (κ1) is 16.9. The van der Waals surface area contributed by atoms with E-state index in [1.165, 1.54) is 18.4 Å². The molecule has 0 bridgehead atoms. The average Bonchev–Trinajstić information content (AvgIpc) is 3.03. The van der Waals surface area contributed by atoms with E-state index in [0.717, 1.165) is 37.4 Å². The summed E-state index contributed by atoms with van der Waals surface area (Å²) >= 11 is 2.03. The van der Waals surface area contributed by atoms with E-state index >= 15 is 0 Å². The topological polar surface area (TPSA) is 32.7 Å². The fourth-order valence-corrected chi connectivity index (χ4v) is 5.63. The smallest absolute Gasteiger partial charge is 0.165 e. The molecule has 3 heterocycles. The molecule has 2 aliphatic heterocycles. The number of hydrogen-bond acceptors (Lipinski definition) is 4. The second kappa shape index (κ2) is 6.65. The Morgan fingerprint density at radius 2 is 2.24 bits per heavy atom. The third-order valence-corrected chi connectivity index (χ3v) is 7.11. The fourth-order valence-electron chi connectivity index (χ4n) is 4.25. The van der Waals surface area contributed by atoms with E-state index in [4.69, 9.17) is 4.74 Å². The van der Waals surface area contributed by atoms with Crippen LogP contribution in [0.25, 0.3) is 0 Å². The van der Waals surface area contributed by atoms with Crippen molar-refractivity contribution in [2.24, 2.45) is 5.92 Å². The molecule has 0 saturated carbocycles. The summed E-state index contributed by atoms with van der Waals surface area (Å²) in [7, 11) is 1.65. The van der Waals surface area contributed by atoms with Gasteiger partial charge in [0.2, 0.25) is 0 Å². The van der Waals surface area contributed by atoms with Gasteiger partial charge in [-0.3, -0.25) is 4.90 Å². The van der Waals surface area contributed by atoms with Gasteiger partial charge in [0.25, 0.3) is 0 Å². The Morgan fingerprint density at radius 3 is 3.00 bits per heavy atom. The number of phenolic OH excluding ortho intramolecular Hbond substituents is 1. The summed E-state index contributed by atoms with van der Waals surface area (Å²) in [6, 6.07) is 6.81. The summed E-state index contributed by atoms with van der Waals surface area (Å²) < 4.78 is 5.48. The van der Waals surface area contributed by atoms with Crippen LogP contribution in [-0.2, 0) is 25.8 Å². The van der Waals surface area contributed by atoms with Crippen molar-refractivity contribution in [3.05, 3.63) is 44.6 Å². The van der Waals surface area contributed by atoms with E-state index in [1.807, 2.05) is 11.3 Å². The maximum Gasteiger partial charge on any atom is 0.165 e. The molecule has 0 saturated heterocycles. The van der Waals surface area contributed by atoms with Crippen LogP contribution in [0.3, 0.4) is 0 Å². The molecule has 1 aromatic heterocycles. The largest absolute Gasteiger partial charge is 0.504 e. The second-order valence-corrected chi connectivity index (χ2v) is 8.73. The Bertz CT molecular complexity index is 782. The van der Waals surface area contributed by atoms with E-state index in [-0.39, 0.29) is 5.75 Å². The highest BCUT2D eigenvalue weighted by atomic mass is 32.1. The number of hydrogen-bond donors (Lipinski definition) is 1. The number of rotatable bonds is 4. The van der Waals surface area contributed by atoms with Crippen LogP contribution in [0, 0.1) is 5.92 Å². The molecule has 0 fully saturated rings. The van der Waals surface area contributed by atoms with Crippen molar-refractivity contribution < 1.29 is 9.84 Å². The molecule has 0 spiro atoms. The molecule has 4 rings (SSSR count). The third kappa shape index (κ3) is 2.96. The Labute approximate surface area is 154 Å². The Morgan fingerprint density at radius 1 is 1.40 bits per heavy atom. The van der Waals surface area contributed by atoms with Crippen LogP contribution in [0.4, 0.5) is 0 Å². The number of aromatic hydroxyl groups is 1. The van der Waals surface area contributed by atoms with Crippen molar-refractivity contribution >= 4 is 11.3 Å². The summed E-state index contributed by atoms with van der Waals surface area (Å²) in [5.41, 5.74) is 4.03. The number of benzene rings is 1. The van der Waals surface area contributed by atoms with Crippen LogP contribution >= 0.6 is 11.3 Å². The molecule has 2 atom stereocenters. The highest BCUT2D eigenvalue weighted by molar-refractivity contribution is 7.12. The normalized spacial score (nSPS) is 20.5. The van der Waals surface area contributed by atoms with Crippen LogP contribution in [0.5, 0.6) is 11.5 Å². The van der Waals surface area contributed by atoms with Gasteiger partial charge in [-0.1, -0.05) is 26.3 Å². The van der Waals surface area contributed by atoms with E-state index in [1.54, 1.807) is 28.5 Å². The van der Waals surface area contributed by atoms with Crippen LogP contribution in [0.2, 0.25) is 0 Å². The molecule has 134 valence electrons. The van der Waals surface area contributed by atoms with Gasteiger partial charge in [0, 0.05) is 34.4 Å². The lowest BCUT2D eigenvalue weighted by molar-refractivity contribution is 0.159. The Kier molecular flexibility index (Phi) is 4.50. The number of methoxy groups -OCH3 is 1. The van der Waals surface area contributed by atoms with Crippen molar-refractivity contribution in [2.45, 2.75) is 52.1 Å². The maximum absolute atomic E-state index is 10.1. The van der Waals surface area contributed by atoms with Crippen molar-refractivity contribution in [1.82, 2.24) is 4.90 Å². The zero-order valence-electron chi connectivity index (χ0n) is 15.3. The predicted octanol–water partition coefficient (Wildman–Crippen LogP) is 4.71. The Balaban J connectivity index is 1.66. The van der Waals surface area contributed by atoms with Gasteiger partial charge >= 0.3 is 0 Å². The van der Waals surface area contributed by atoms with Crippen molar-refractivity contribution in [1.29, 1.82) is 0 Å². The first-order valence-corrected chi connectivity index (χ1v) is 10.2. The quantitative estimate of drug-likeness (QED) is 0.860. The molecule has 3 nitrogen and oxygen atoms in total. The van der Waals surface area contributed by atoms with Crippen LogP contribution in [0.15, 0.2) is 18.2 Å². The van der Waals surface area contributed by atoms with Gasteiger partial charge in [-0.2, -0.15) is 0 Å². The molecule has 2 aliphatic rings. The molecule has 1 N–H and O–H groups in total. The molecule has 2 aromatic rings. The highest BCUT2D eigenvalue weighted by Crippen LogP contribution is 2.45. The number of thiophene rings is 1. The van der Waals surface area contributed by atoms with E-state index in [2.05, 4.69) is 30.9 Å². The number of fused-ring (bicyclic) bond motifs is 4. The summed E-state index contributed by atoms with van der Waals surface area (Å²) in [6.07, 6.45) is 4.61. The predicted molar refractivity (Wildman–Crippen MR) is 103 cm³/mol. The fraction of sp³-hybridized carbons (Fsp3) is 0.524. The lowest BCUT2D eigenvalue weighted by Gasteiger charge is -2.40. The third-order valence-electron chi connectivity index (χ3n) is 5.88. The average molecular weight is 358 g/mol. The van der Waals surface area contributed by atoms with Gasteiger partial charge in [0.15, 0.2) is 11.5 Å². The number of ether oxygens (including phenoxy) is 1. The molecular weight excluding hydrogens is 330 g/mol. The van der Waals surface area contributed by atoms with E-state index in [0.29, 0.717) is 11.8 Å². The van der Waals surface area contributed by atoms with Crippen LogP contribution in [0.1, 0.15) is 52.8 Å². The standard InChI is InChI=1S/C21H27NO2S/c1-4-13(2)9-15-11-16-18-10-14-5-6-19(23)21(24-3)17(14)12-22(18)8-7-20(16)25-15/h5-6,11,13,18,23H,4,7-10,12H2,1-3H3. The zero-order chi connectivity index (χ0) is 17.6. The lowest BCUT2D eigenvalue weighted by Crippen LogP contribution is -2.38. The first-order valence-electron chi connectivity index (χ1n) is 9.34. The lowest BCUT2D eigenvalue weighted by atomic mass is 9.86. The highest BCUT2D eigenvalue weighted by Gasteiger charge is 2.35. The van der Waals surface area contributed by atoms with Gasteiger partial charge in [-0.25, -0.2) is 0 Å². The van der Waals surface area contributed by atoms with Gasteiger partial charge in [-0.15, -0.1) is 11.3 Å².